The Labute approximate surface area is 176 Å². The highest BCUT2D eigenvalue weighted by Gasteiger charge is 2.26. The quantitative estimate of drug-likeness (QED) is 0.729. The molecule has 2 aromatic carbocycles. The van der Waals surface area contributed by atoms with E-state index < -0.39 is 0 Å². The van der Waals surface area contributed by atoms with E-state index in [9.17, 15) is 9.18 Å². The number of hydrogen-bond acceptors (Lipinski definition) is 5. The number of nitrogens with zero attached hydrogens (tertiary/aromatic N) is 3. The van der Waals surface area contributed by atoms with Gasteiger partial charge in [0.05, 0.1) is 12.2 Å². The molecule has 1 unspecified atom stereocenters. The predicted octanol–water partition coefficient (Wildman–Crippen LogP) is 2.64. The lowest BCUT2D eigenvalue weighted by Gasteiger charge is -2.37. The molecule has 2 aliphatic rings. The van der Waals surface area contributed by atoms with Crippen LogP contribution in [0.2, 0.25) is 0 Å². The molecule has 0 N–H and O–H groups in total. The van der Waals surface area contributed by atoms with E-state index in [1.54, 1.807) is 12.1 Å². The van der Waals surface area contributed by atoms with Gasteiger partial charge in [-0.1, -0.05) is 31.2 Å². The molecular formula is C23H28FN3O3. The number of hydrogen-bond donors (Lipinski definition) is 0. The van der Waals surface area contributed by atoms with Gasteiger partial charge in [0, 0.05) is 32.7 Å². The first kappa shape index (κ1) is 20.5. The number of carbonyl (C=O) groups is 1. The fraction of sp³-hybridized carbons (Fsp3) is 0.435. The third kappa shape index (κ3) is 4.67. The number of benzene rings is 2. The van der Waals surface area contributed by atoms with E-state index in [2.05, 4.69) is 4.90 Å². The van der Waals surface area contributed by atoms with Crippen LogP contribution < -0.4 is 14.4 Å². The predicted molar refractivity (Wildman–Crippen MR) is 114 cm³/mol. The number of likely N-dealkylation sites (N-methyl/N-ethyl adjacent to an activating group) is 1. The Morgan fingerprint density at radius 3 is 2.50 bits per heavy atom. The first-order valence-corrected chi connectivity index (χ1v) is 10.5. The highest BCUT2D eigenvalue weighted by molar-refractivity contribution is 5.78. The van der Waals surface area contributed by atoms with E-state index in [0.29, 0.717) is 51.6 Å². The number of halogens is 1. The Bertz CT molecular complexity index is 870. The molecule has 4 rings (SSSR count). The van der Waals surface area contributed by atoms with Crippen LogP contribution in [0.1, 0.15) is 6.92 Å². The lowest BCUT2D eigenvalue weighted by molar-refractivity contribution is -0.133. The molecule has 30 heavy (non-hydrogen) atoms. The molecule has 0 spiro atoms. The van der Waals surface area contributed by atoms with Gasteiger partial charge in [-0.2, -0.15) is 0 Å². The normalized spacial score (nSPS) is 18.6. The first-order chi connectivity index (χ1) is 14.6. The summed E-state index contributed by atoms with van der Waals surface area (Å²) in [7, 11) is 0. The molecule has 0 radical (unpaired) electrons. The number of carbonyl (C=O) groups excluding carboxylic acids is 1. The molecule has 6 nitrogen and oxygen atoms in total. The van der Waals surface area contributed by atoms with Crippen molar-refractivity contribution in [2.45, 2.75) is 13.0 Å². The Hall–Kier alpha value is -2.80. The van der Waals surface area contributed by atoms with E-state index in [-0.39, 0.29) is 17.8 Å². The first-order valence-electron chi connectivity index (χ1n) is 10.5. The van der Waals surface area contributed by atoms with E-state index in [1.165, 1.54) is 6.07 Å². The maximum absolute atomic E-state index is 14.0. The highest BCUT2D eigenvalue weighted by Crippen LogP contribution is 2.31. The standard InChI is InChI=1S/C23H28FN3O3/c1-2-25(15-18-17-29-21-9-5-6-10-22(21)30-18)16-23(28)27-13-11-26(12-14-27)20-8-4-3-7-19(20)24/h3-10,18H,2,11-17H2,1H3. The van der Waals surface area contributed by atoms with Crippen LogP contribution in [0.3, 0.4) is 0 Å². The second-order valence-electron chi connectivity index (χ2n) is 7.64. The molecule has 2 aliphatic heterocycles. The van der Waals surface area contributed by atoms with Crippen molar-refractivity contribution in [1.29, 1.82) is 0 Å². The monoisotopic (exact) mass is 413 g/mol. The summed E-state index contributed by atoms with van der Waals surface area (Å²) in [4.78, 5) is 18.8. The van der Waals surface area contributed by atoms with Crippen LogP contribution in [-0.2, 0) is 4.79 Å². The third-order valence-electron chi connectivity index (χ3n) is 5.66. The number of anilines is 1. The van der Waals surface area contributed by atoms with Crippen LogP contribution in [-0.4, -0.2) is 74.2 Å². The van der Waals surface area contributed by atoms with Crippen molar-refractivity contribution in [1.82, 2.24) is 9.80 Å². The van der Waals surface area contributed by atoms with E-state index >= 15 is 0 Å². The van der Waals surface area contributed by atoms with Gasteiger partial charge in [0.2, 0.25) is 5.91 Å². The van der Waals surface area contributed by atoms with Crippen molar-refractivity contribution in [2.75, 3.05) is 57.3 Å². The average molecular weight is 413 g/mol. The molecular weight excluding hydrogens is 385 g/mol. The molecule has 160 valence electrons. The van der Waals surface area contributed by atoms with Crippen molar-refractivity contribution in [3.05, 3.63) is 54.3 Å². The van der Waals surface area contributed by atoms with E-state index in [4.69, 9.17) is 9.47 Å². The Kier molecular flexibility index (Phi) is 6.38. The van der Waals surface area contributed by atoms with E-state index in [1.807, 2.05) is 47.1 Å². The summed E-state index contributed by atoms with van der Waals surface area (Å²) < 4.78 is 25.8. The average Bonchev–Trinajstić information content (AvgIpc) is 2.79. The molecule has 0 aliphatic carbocycles. The highest BCUT2D eigenvalue weighted by atomic mass is 19.1. The smallest absolute Gasteiger partial charge is 0.236 e. The van der Waals surface area contributed by atoms with Gasteiger partial charge in [-0.3, -0.25) is 9.69 Å². The van der Waals surface area contributed by atoms with Crippen LogP contribution >= 0.6 is 0 Å². The zero-order valence-electron chi connectivity index (χ0n) is 17.3. The number of para-hydroxylation sites is 3. The minimum atomic E-state index is -0.217. The van der Waals surface area contributed by atoms with Crippen molar-refractivity contribution in [2.24, 2.45) is 0 Å². The molecule has 2 aromatic rings. The summed E-state index contributed by atoms with van der Waals surface area (Å²) in [5, 5.41) is 0. The largest absolute Gasteiger partial charge is 0.486 e. The fourth-order valence-corrected chi connectivity index (χ4v) is 3.94. The summed E-state index contributed by atoms with van der Waals surface area (Å²) in [5.74, 6) is 1.40. The molecule has 1 atom stereocenters. The zero-order chi connectivity index (χ0) is 20.9. The topological polar surface area (TPSA) is 45.3 Å². The summed E-state index contributed by atoms with van der Waals surface area (Å²) in [6.45, 7) is 6.71. The SMILES string of the molecule is CCN(CC(=O)N1CCN(c2ccccc2F)CC1)CC1COc2ccccc2O1. The number of fused-ring (bicyclic) bond motifs is 1. The van der Waals surface area contributed by atoms with Gasteiger partial charge in [-0.15, -0.1) is 0 Å². The minimum absolute atomic E-state index is 0.0992. The van der Waals surface area contributed by atoms with Crippen molar-refractivity contribution < 1.29 is 18.7 Å². The minimum Gasteiger partial charge on any atom is -0.486 e. The van der Waals surface area contributed by atoms with Crippen LogP contribution in [0.15, 0.2) is 48.5 Å². The Morgan fingerprint density at radius 2 is 1.77 bits per heavy atom. The van der Waals surface area contributed by atoms with Gasteiger partial charge in [-0.25, -0.2) is 4.39 Å². The summed E-state index contributed by atoms with van der Waals surface area (Å²) in [5.41, 5.74) is 0.606. The molecule has 0 saturated carbocycles. The lowest BCUT2D eigenvalue weighted by atomic mass is 10.2. The van der Waals surface area contributed by atoms with Gasteiger partial charge in [0.15, 0.2) is 11.5 Å². The Balaban J connectivity index is 1.27. The second kappa shape index (κ2) is 9.34. The van der Waals surface area contributed by atoms with Gasteiger partial charge in [0.1, 0.15) is 18.5 Å². The number of ether oxygens (including phenoxy) is 2. The van der Waals surface area contributed by atoms with Crippen molar-refractivity contribution in [3.63, 3.8) is 0 Å². The van der Waals surface area contributed by atoms with Crippen LogP contribution in [0.5, 0.6) is 11.5 Å². The Morgan fingerprint density at radius 1 is 1.07 bits per heavy atom. The number of amides is 1. The molecule has 1 amide bonds. The van der Waals surface area contributed by atoms with Crippen LogP contribution in [0.4, 0.5) is 10.1 Å². The molecule has 1 saturated heterocycles. The van der Waals surface area contributed by atoms with Gasteiger partial charge in [0.25, 0.3) is 0 Å². The number of rotatable bonds is 6. The zero-order valence-corrected chi connectivity index (χ0v) is 17.3. The maximum atomic E-state index is 14.0. The van der Waals surface area contributed by atoms with Gasteiger partial charge in [-0.05, 0) is 30.8 Å². The summed E-state index contributed by atoms with van der Waals surface area (Å²) in [6.07, 6.45) is -0.106. The van der Waals surface area contributed by atoms with E-state index in [0.717, 1.165) is 18.0 Å². The molecule has 0 aromatic heterocycles. The van der Waals surface area contributed by atoms with Gasteiger partial charge >= 0.3 is 0 Å². The molecule has 2 heterocycles. The van der Waals surface area contributed by atoms with Crippen molar-refractivity contribution in [3.8, 4) is 11.5 Å². The fourth-order valence-electron chi connectivity index (χ4n) is 3.94. The second-order valence-corrected chi connectivity index (χ2v) is 7.64. The lowest BCUT2D eigenvalue weighted by Crippen LogP contribution is -2.52. The molecule has 0 bridgehead atoms. The molecule has 7 heteroatoms. The third-order valence-corrected chi connectivity index (χ3v) is 5.66. The molecule has 1 fully saturated rings. The van der Waals surface area contributed by atoms with Crippen molar-refractivity contribution >= 4 is 11.6 Å². The van der Waals surface area contributed by atoms with Crippen LogP contribution in [0, 0.1) is 5.82 Å². The summed E-state index contributed by atoms with van der Waals surface area (Å²) in [6, 6.07) is 14.4. The maximum Gasteiger partial charge on any atom is 0.236 e. The number of piperazine rings is 1. The van der Waals surface area contributed by atoms with Gasteiger partial charge < -0.3 is 19.3 Å². The summed E-state index contributed by atoms with van der Waals surface area (Å²) >= 11 is 0. The van der Waals surface area contributed by atoms with Crippen LogP contribution in [0.25, 0.3) is 0 Å².